The third-order valence-corrected chi connectivity index (χ3v) is 4.12. The number of carbonyl (C=O) groups excluding carboxylic acids is 1. The van der Waals surface area contributed by atoms with E-state index in [0.717, 1.165) is 11.4 Å². The van der Waals surface area contributed by atoms with Crippen molar-refractivity contribution >= 4 is 23.1 Å². The van der Waals surface area contributed by atoms with Gasteiger partial charge < -0.3 is 24.8 Å². The molecular formula is C22H23N3O4. The van der Waals surface area contributed by atoms with E-state index in [1.54, 1.807) is 37.4 Å². The highest BCUT2D eigenvalue weighted by molar-refractivity contribution is 6.05. The van der Waals surface area contributed by atoms with Crippen LogP contribution >= 0.6 is 0 Å². The van der Waals surface area contributed by atoms with E-state index >= 15 is 0 Å². The van der Waals surface area contributed by atoms with E-state index in [2.05, 4.69) is 15.6 Å². The smallest absolute Gasteiger partial charge is 0.257 e. The molecule has 0 spiro atoms. The van der Waals surface area contributed by atoms with Crippen molar-refractivity contribution in [1.82, 2.24) is 4.98 Å². The van der Waals surface area contributed by atoms with E-state index in [-0.39, 0.29) is 5.91 Å². The third-order valence-electron chi connectivity index (χ3n) is 4.12. The maximum atomic E-state index is 12.5. The van der Waals surface area contributed by atoms with Gasteiger partial charge in [-0.25, -0.2) is 4.98 Å². The molecule has 7 heteroatoms. The fourth-order valence-corrected chi connectivity index (χ4v) is 2.65. The predicted molar refractivity (Wildman–Crippen MR) is 113 cm³/mol. The lowest BCUT2D eigenvalue weighted by Gasteiger charge is -2.12. The minimum absolute atomic E-state index is 0.284. The second-order valence-corrected chi connectivity index (χ2v) is 6.03. The lowest BCUT2D eigenvalue weighted by Crippen LogP contribution is -2.13. The third kappa shape index (κ3) is 5.16. The normalized spacial score (nSPS) is 10.2. The van der Waals surface area contributed by atoms with Crippen LogP contribution in [0.5, 0.6) is 17.2 Å². The van der Waals surface area contributed by atoms with Crippen molar-refractivity contribution in [2.75, 3.05) is 31.5 Å². The molecule has 3 aromatic rings. The number of pyridine rings is 1. The van der Waals surface area contributed by atoms with Crippen molar-refractivity contribution in [2.24, 2.45) is 0 Å². The molecule has 0 saturated heterocycles. The van der Waals surface area contributed by atoms with Crippen LogP contribution in [0.1, 0.15) is 17.3 Å². The molecule has 2 N–H and O–H groups in total. The van der Waals surface area contributed by atoms with Crippen molar-refractivity contribution in [1.29, 1.82) is 0 Å². The summed E-state index contributed by atoms with van der Waals surface area (Å²) in [5.41, 5.74) is 1.86. The topological polar surface area (TPSA) is 81.7 Å². The molecule has 1 heterocycles. The van der Waals surface area contributed by atoms with Gasteiger partial charge in [0.15, 0.2) is 0 Å². The molecule has 0 atom stereocenters. The largest absolute Gasteiger partial charge is 0.497 e. The predicted octanol–water partition coefficient (Wildman–Crippen LogP) is 4.49. The van der Waals surface area contributed by atoms with Crippen LogP contribution in [-0.2, 0) is 0 Å². The van der Waals surface area contributed by atoms with Crippen LogP contribution in [0.25, 0.3) is 0 Å². The molecule has 0 aliphatic heterocycles. The zero-order valence-corrected chi connectivity index (χ0v) is 16.6. The summed E-state index contributed by atoms with van der Waals surface area (Å²) in [4.78, 5) is 16.8. The maximum absolute atomic E-state index is 12.5. The molecule has 0 saturated carbocycles. The fraction of sp³-hybridized carbons (Fsp3) is 0.182. The van der Waals surface area contributed by atoms with Crippen LogP contribution in [0.3, 0.4) is 0 Å². The number of aromatic nitrogens is 1. The van der Waals surface area contributed by atoms with Crippen LogP contribution in [0.4, 0.5) is 17.2 Å². The van der Waals surface area contributed by atoms with E-state index in [9.17, 15) is 4.79 Å². The molecule has 0 aliphatic carbocycles. The molecular weight excluding hydrogens is 370 g/mol. The van der Waals surface area contributed by atoms with Gasteiger partial charge >= 0.3 is 0 Å². The standard InChI is InChI=1S/C22H23N3O4/c1-4-29-17-8-6-16(7-9-17)24-21-12-5-15(14-23-21)22(26)25-19-11-10-18(27-2)13-20(19)28-3/h5-14H,4H2,1-3H3,(H,23,24)(H,25,26). The summed E-state index contributed by atoms with van der Waals surface area (Å²) >= 11 is 0. The maximum Gasteiger partial charge on any atom is 0.257 e. The van der Waals surface area contributed by atoms with Crippen molar-refractivity contribution in [3.63, 3.8) is 0 Å². The minimum Gasteiger partial charge on any atom is -0.497 e. The van der Waals surface area contributed by atoms with Crippen LogP contribution < -0.4 is 24.8 Å². The Balaban J connectivity index is 1.65. The van der Waals surface area contributed by atoms with Gasteiger partial charge in [-0.3, -0.25) is 4.79 Å². The molecule has 0 bridgehead atoms. The van der Waals surface area contributed by atoms with Gasteiger partial charge in [0.2, 0.25) is 0 Å². The van der Waals surface area contributed by atoms with E-state index in [1.165, 1.54) is 13.3 Å². The Morgan fingerprint density at radius 3 is 2.34 bits per heavy atom. The Morgan fingerprint density at radius 2 is 1.72 bits per heavy atom. The molecule has 0 fully saturated rings. The molecule has 7 nitrogen and oxygen atoms in total. The number of amides is 1. The minimum atomic E-state index is -0.284. The van der Waals surface area contributed by atoms with Crippen LogP contribution in [0, 0.1) is 0 Å². The molecule has 0 unspecified atom stereocenters. The molecule has 1 aromatic heterocycles. The van der Waals surface area contributed by atoms with E-state index < -0.39 is 0 Å². The van der Waals surface area contributed by atoms with Crippen LogP contribution in [0.2, 0.25) is 0 Å². The number of anilines is 3. The van der Waals surface area contributed by atoms with Gasteiger partial charge in [-0.15, -0.1) is 0 Å². The average molecular weight is 393 g/mol. The summed E-state index contributed by atoms with van der Waals surface area (Å²) in [6.07, 6.45) is 1.52. The zero-order chi connectivity index (χ0) is 20.6. The number of hydrogen-bond acceptors (Lipinski definition) is 6. The van der Waals surface area contributed by atoms with Crippen molar-refractivity contribution in [3.05, 3.63) is 66.4 Å². The van der Waals surface area contributed by atoms with Crippen molar-refractivity contribution in [3.8, 4) is 17.2 Å². The van der Waals surface area contributed by atoms with Crippen molar-refractivity contribution < 1.29 is 19.0 Å². The summed E-state index contributed by atoms with van der Waals surface area (Å²) < 4.78 is 15.9. The average Bonchev–Trinajstić information content (AvgIpc) is 2.76. The van der Waals surface area contributed by atoms with Gasteiger partial charge in [0, 0.05) is 18.0 Å². The lowest BCUT2D eigenvalue weighted by atomic mass is 10.2. The van der Waals surface area contributed by atoms with E-state index in [0.29, 0.717) is 35.2 Å². The monoisotopic (exact) mass is 393 g/mol. The second-order valence-electron chi connectivity index (χ2n) is 6.03. The number of benzene rings is 2. The Bertz CT molecular complexity index is 957. The summed E-state index contributed by atoms with van der Waals surface area (Å²) in [7, 11) is 3.11. The highest BCUT2D eigenvalue weighted by atomic mass is 16.5. The summed E-state index contributed by atoms with van der Waals surface area (Å²) in [5, 5.41) is 6.01. The number of hydrogen-bond donors (Lipinski definition) is 2. The molecule has 0 aliphatic rings. The van der Waals surface area contributed by atoms with Crippen LogP contribution in [-0.4, -0.2) is 31.7 Å². The molecule has 2 aromatic carbocycles. The number of nitrogens with zero attached hydrogens (tertiary/aromatic N) is 1. The van der Waals surface area contributed by atoms with E-state index in [4.69, 9.17) is 14.2 Å². The highest BCUT2D eigenvalue weighted by Crippen LogP contribution is 2.29. The number of ether oxygens (including phenoxy) is 3. The van der Waals surface area contributed by atoms with Crippen LogP contribution in [0.15, 0.2) is 60.8 Å². The van der Waals surface area contributed by atoms with Gasteiger partial charge in [-0.05, 0) is 55.5 Å². The first-order chi connectivity index (χ1) is 14.1. The molecule has 1 amide bonds. The fourth-order valence-electron chi connectivity index (χ4n) is 2.65. The Labute approximate surface area is 169 Å². The number of carbonyl (C=O) groups is 1. The lowest BCUT2D eigenvalue weighted by molar-refractivity contribution is 0.102. The van der Waals surface area contributed by atoms with Gasteiger partial charge in [-0.2, -0.15) is 0 Å². The quantitative estimate of drug-likeness (QED) is 0.587. The molecule has 3 rings (SSSR count). The van der Waals surface area contributed by atoms with Gasteiger partial charge in [0.1, 0.15) is 23.1 Å². The number of rotatable bonds is 8. The molecule has 0 radical (unpaired) electrons. The zero-order valence-electron chi connectivity index (χ0n) is 16.6. The first-order valence-corrected chi connectivity index (χ1v) is 9.12. The SMILES string of the molecule is CCOc1ccc(Nc2ccc(C(=O)Nc3ccc(OC)cc3OC)cn2)cc1. The molecule has 150 valence electrons. The van der Waals surface area contributed by atoms with Gasteiger partial charge in [0.25, 0.3) is 5.91 Å². The number of methoxy groups -OCH3 is 2. The molecule has 29 heavy (non-hydrogen) atoms. The summed E-state index contributed by atoms with van der Waals surface area (Å²) in [6.45, 7) is 2.57. The number of nitrogens with one attached hydrogen (secondary N) is 2. The highest BCUT2D eigenvalue weighted by Gasteiger charge is 2.11. The summed E-state index contributed by atoms with van der Waals surface area (Å²) in [6, 6.07) is 16.2. The Hall–Kier alpha value is -3.74. The Kier molecular flexibility index (Phi) is 6.52. The Morgan fingerprint density at radius 1 is 0.966 bits per heavy atom. The van der Waals surface area contributed by atoms with E-state index in [1.807, 2.05) is 31.2 Å². The first kappa shape index (κ1) is 20.0. The van der Waals surface area contributed by atoms with Gasteiger partial charge in [0.05, 0.1) is 32.1 Å². The van der Waals surface area contributed by atoms with Gasteiger partial charge in [-0.1, -0.05) is 0 Å². The summed E-state index contributed by atoms with van der Waals surface area (Å²) in [5.74, 6) is 2.32. The second kappa shape index (κ2) is 9.45. The first-order valence-electron chi connectivity index (χ1n) is 9.12. The van der Waals surface area contributed by atoms with Crippen molar-refractivity contribution in [2.45, 2.75) is 6.92 Å².